The van der Waals surface area contributed by atoms with Gasteiger partial charge in [-0.15, -0.1) is 11.3 Å². The van der Waals surface area contributed by atoms with Crippen LogP contribution in [0, 0.1) is 0 Å². The van der Waals surface area contributed by atoms with E-state index in [4.69, 9.17) is 0 Å². The highest BCUT2D eigenvalue weighted by atomic mass is 32.1. The molecule has 0 fully saturated rings. The van der Waals surface area contributed by atoms with E-state index in [1.54, 1.807) is 11.3 Å². The molecule has 0 aliphatic heterocycles. The van der Waals surface area contributed by atoms with Crippen LogP contribution >= 0.6 is 11.3 Å². The minimum Gasteiger partial charge on any atom is -0.361 e. The number of aryl methyl sites for hydroxylation is 1. The molecular weight excluding hydrogens is 282 g/mol. The van der Waals surface area contributed by atoms with Gasteiger partial charge in [-0.25, -0.2) is 4.98 Å². The number of benzene rings is 1. The van der Waals surface area contributed by atoms with Crippen LogP contribution in [0.2, 0.25) is 0 Å². The fourth-order valence-corrected chi connectivity index (χ4v) is 3.16. The van der Waals surface area contributed by atoms with Crippen molar-refractivity contribution in [3.8, 4) is 0 Å². The molecule has 0 bridgehead atoms. The number of para-hydroxylation sites is 1. The molecule has 0 aliphatic carbocycles. The van der Waals surface area contributed by atoms with E-state index in [-0.39, 0.29) is 11.9 Å². The third-order valence-electron chi connectivity index (χ3n) is 3.47. The minimum atomic E-state index is -0.0898. The Kier molecular flexibility index (Phi) is 3.75. The Morgan fingerprint density at radius 3 is 3.05 bits per heavy atom. The number of rotatable bonds is 4. The second kappa shape index (κ2) is 5.69. The van der Waals surface area contributed by atoms with Gasteiger partial charge in [0, 0.05) is 22.7 Å². The highest BCUT2D eigenvalue weighted by Crippen LogP contribution is 2.22. The van der Waals surface area contributed by atoms with Gasteiger partial charge in [0.25, 0.3) is 5.91 Å². The first-order valence-corrected chi connectivity index (χ1v) is 7.82. The predicted octanol–water partition coefficient (Wildman–Crippen LogP) is 3.68. The number of aromatic amines is 1. The molecule has 0 radical (unpaired) electrons. The Hall–Kier alpha value is -2.14. The average molecular weight is 299 g/mol. The Morgan fingerprint density at radius 1 is 1.43 bits per heavy atom. The third-order valence-corrected chi connectivity index (χ3v) is 4.79. The molecule has 0 spiro atoms. The van der Waals surface area contributed by atoms with Crippen molar-refractivity contribution >= 4 is 28.1 Å². The highest BCUT2D eigenvalue weighted by Gasteiger charge is 2.16. The topological polar surface area (TPSA) is 57.8 Å². The Balaban J connectivity index is 1.81. The van der Waals surface area contributed by atoms with Crippen molar-refractivity contribution in [1.82, 2.24) is 15.3 Å². The maximum Gasteiger partial charge on any atom is 0.253 e. The number of nitrogens with zero attached hydrogens (tertiary/aromatic N) is 1. The average Bonchev–Trinajstić information content (AvgIpc) is 3.15. The monoisotopic (exact) mass is 299 g/mol. The van der Waals surface area contributed by atoms with Gasteiger partial charge >= 0.3 is 0 Å². The molecule has 0 aliphatic rings. The summed E-state index contributed by atoms with van der Waals surface area (Å²) in [7, 11) is 0. The van der Waals surface area contributed by atoms with Gasteiger partial charge in [-0.2, -0.15) is 0 Å². The molecule has 21 heavy (non-hydrogen) atoms. The van der Waals surface area contributed by atoms with Crippen molar-refractivity contribution in [3.63, 3.8) is 0 Å². The van der Waals surface area contributed by atoms with Gasteiger partial charge < -0.3 is 10.3 Å². The number of carbonyl (C=O) groups excluding carboxylic acids is 1. The van der Waals surface area contributed by atoms with Crippen LogP contribution in [-0.2, 0) is 6.42 Å². The number of nitrogens with one attached hydrogen (secondary N) is 2. The molecule has 0 saturated carbocycles. The van der Waals surface area contributed by atoms with Crippen molar-refractivity contribution in [3.05, 3.63) is 52.1 Å². The second-order valence-corrected chi connectivity index (χ2v) is 6.11. The smallest absolute Gasteiger partial charge is 0.253 e. The van der Waals surface area contributed by atoms with Crippen molar-refractivity contribution < 1.29 is 4.79 Å². The maximum atomic E-state index is 12.5. The van der Waals surface area contributed by atoms with E-state index < -0.39 is 0 Å². The molecule has 1 amide bonds. The molecule has 3 rings (SSSR count). The molecular formula is C16H17N3OS. The van der Waals surface area contributed by atoms with Gasteiger partial charge in [0.2, 0.25) is 0 Å². The molecule has 2 aromatic heterocycles. The lowest BCUT2D eigenvalue weighted by Crippen LogP contribution is -2.26. The van der Waals surface area contributed by atoms with E-state index >= 15 is 0 Å². The van der Waals surface area contributed by atoms with Crippen molar-refractivity contribution in [2.45, 2.75) is 26.3 Å². The van der Waals surface area contributed by atoms with Gasteiger partial charge in [-0.3, -0.25) is 4.79 Å². The van der Waals surface area contributed by atoms with Crippen LogP contribution < -0.4 is 5.32 Å². The summed E-state index contributed by atoms with van der Waals surface area (Å²) in [6, 6.07) is 7.59. The summed E-state index contributed by atoms with van der Waals surface area (Å²) in [4.78, 5) is 21.2. The SMILES string of the molecule is CCc1cnc(C(C)NC(=O)c2cccc3cc[nH]c23)s1. The first-order valence-electron chi connectivity index (χ1n) is 7.00. The maximum absolute atomic E-state index is 12.5. The lowest BCUT2D eigenvalue weighted by atomic mass is 10.1. The predicted molar refractivity (Wildman–Crippen MR) is 85.7 cm³/mol. The van der Waals surface area contributed by atoms with Gasteiger partial charge in [0.1, 0.15) is 5.01 Å². The van der Waals surface area contributed by atoms with Gasteiger partial charge in [0.15, 0.2) is 0 Å². The van der Waals surface area contributed by atoms with E-state index in [1.165, 1.54) is 4.88 Å². The number of amides is 1. The normalized spacial score (nSPS) is 12.5. The lowest BCUT2D eigenvalue weighted by Gasteiger charge is -2.11. The van der Waals surface area contributed by atoms with Gasteiger partial charge in [-0.1, -0.05) is 19.1 Å². The molecule has 5 heteroatoms. The summed E-state index contributed by atoms with van der Waals surface area (Å²) in [5, 5.41) is 5.00. The van der Waals surface area contributed by atoms with Crippen LogP contribution in [0.1, 0.15) is 40.1 Å². The lowest BCUT2D eigenvalue weighted by molar-refractivity contribution is 0.0941. The number of thiazole rings is 1. The molecule has 3 aromatic rings. The number of H-pyrrole nitrogens is 1. The van der Waals surface area contributed by atoms with E-state index in [2.05, 4.69) is 22.2 Å². The van der Waals surface area contributed by atoms with E-state index in [0.717, 1.165) is 22.3 Å². The quantitative estimate of drug-likeness (QED) is 0.772. The third kappa shape index (κ3) is 2.69. The van der Waals surface area contributed by atoms with Crippen molar-refractivity contribution in [1.29, 1.82) is 0 Å². The Labute approximate surface area is 127 Å². The molecule has 1 atom stereocenters. The molecule has 0 saturated heterocycles. The standard InChI is InChI=1S/C16H17N3OS/c1-3-12-9-18-16(21-12)10(2)19-15(20)13-6-4-5-11-7-8-17-14(11)13/h4-10,17H,3H2,1-2H3,(H,19,20). The van der Waals surface area contributed by atoms with Crippen LogP contribution in [0.5, 0.6) is 0 Å². The minimum absolute atomic E-state index is 0.0798. The molecule has 2 N–H and O–H groups in total. The zero-order valence-corrected chi connectivity index (χ0v) is 12.8. The molecule has 4 nitrogen and oxygen atoms in total. The summed E-state index contributed by atoms with van der Waals surface area (Å²) >= 11 is 1.65. The van der Waals surface area contributed by atoms with E-state index in [9.17, 15) is 4.79 Å². The van der Waals surface area contributed by atoms with Crippen LogP contribution in [0.15, 0.2) is 36.7 Å². The summed E-state index contributed by atoms with van der Waals surface area (Å²) in [5.41, 5.74) is 1.53. The molecule has 1 aromatic carbocycles. The Morgan fingerprint density at radius 2 is 2.29 bits per heavy atom. The molecule has 108 valence electrons. The van der Waals surface area contributed by atoms with Crippen molar-refractivity contribution in [2.24, 2.45) is 0 Å². The summed E-state index contributed by atoms with van der Waals surface area (Å²) in [5.74, 6) is -0.0798. The summed E-state index contributed by atoms with van der Waals surface area (Å²) in [6.45, 7) is 4.07. The number of hydrogen-bond acceptors (Lipinski definition) is 3. The molecule has 1 unspecified atom stereocenters. The fourth-order valence-electron chi connectivity index (χ4n) is 2.30. The fraction of sp³-hybridized carbons (Fsp3) is 0.250. The van der Waals surface area contributed by atoms with Crippen molar-refractivity contribution in [2.75, 3.05) is 0 Å². The number of aromatic nitrogens is 2. The highest BCUT2D eigenvalue weighted by molar-refractivity contribution is 7.11. The first kappa shape index (κ1) is 13.8. The van der Waals surface area contributed by atoms with Crippen LogP contribution in [0.4, 0.5) is 0 Å². The largest absolute Gasteiger partial charge is 0.361 e. The van der Waals surface area contributed by atoms with Crippen LogP contribution in [0.25, 0.3) is 10.9 Å². The van der Waals surface area contributed by atoms with Gasteiger partial charge in [-0.05, 0) is 25.5 Å². The van der Waals surface area contributed by atoms with E-state index in [1.807, 2.05) is 43.6 Å². The van der Waals surface area contributed by atoms with Crippen LogP contribution in [-0.4, -0.2) is 15.9 Å². The zero-order valence-electron chi connectivity index (χ0n) is 12.0. The summed E-state index contributed by atoms with van der Waals surface area (Å²) in [6.07, 6.45) is 4.70. The summed E-state index contributed by atoms with van der Waals surface area (Å²) < 4.78 is 0. The van der Waals surface area contributed by atoms with Gasteiger partial charge in [0.05, 0.1) is 17.1 Å². The second-order valence-electron chi connectivity index (χ2n) is 4.96. The number of carbonyl (C=O) groups is 1. The molecule has 2 heterocycles. The first-order chi connectivity index (χ1) is 10.2. The zero-order chi connectivity index (χ0) is 14.8. The number of fused-ring (bicyclic) bond motifs is 1. The Bertz CT molecular complexity index is 775. The van der Waals surface area contributed by atoms with E-state index in [0.29, 0.717) is 5.56 Å². The number of hydrogen-bond donors (Lipinski definition) is 2. The van der Waals surface area contributed by atoms with Crippen LogP contribution in [0.3, 0.4) is 0 Å².